The summed E-state index contributed by atoms with van der Waals surface area (Å²) in [6.07, 6.45) is 3.21. The van der Waals surface area contributed by atoms with Gasteiger partial charge < -0.3 is 20.1 Å². The van der Waals surface area contributed by atoms with Crippen molar-refractivity contribution < 1.29 is 24.2 Å². The number of carbonyl (C=O) groups excluding carboxylic acids is 2. The standard InChI is InChI=1S/C27H24Cl2N4O5.CH4/c28-18-7-8-24(31-14-18)32-27(37)21-11-19(29)12-23(38-15-25(35)36)20(21)13-22(34)16-3-5-17(6-4-16)26(30)33-9-1-2-10-33;/h3-8,11-12,14,30H,1-2,9-10,13,15H2,(H,35,36)(H,31,32,37);1H4. The Morgan fingerprint density at radius 2 is 1.67 bits per heavy atom. The number of amidine groups is 1. The second-order valence-electron chi connectivity index (χ2n) is 8.65. The summed E-state index contributed by atoms with van der Waals surface area (Å²) in [6, 6.07) is 12.5. The molecule has 1 aliphatic heterocycles. The molecule has 3 aromatic rings. The van der Waals surface area contributed by atoms with E-state index in [4.69, 9.17) is 38.5 Å². The topological polar surface area (TPSA) is 133 Å². The third-order valence-corrected chi connectivity index (χ3v) is 6.42. The second-order valence-corrected chi connectivity index (χ2v) is 9.52. The van der Waals surface area contributed by atoms with Crippen molar-refractivity contribution in [1.29, 1.82) is 5.41 Å². The molecule has 4 rings (SSSR count). The lowest BCUT2D eigenvalue weighted by Crippen LogP contribution is -2.27. The predicted molar refractivity (Wildman–Crippen MR) is 151 cm³/mol. The number of nitrogens with one attached hydrogen (secondary N) is 2. The minimum Gasteiger partial charge on any atom is -0.482 e. The Bertz CT molecular complexity index is 1370. The van der Waals surface area contributed by atoms with Crippen molar-refractivity contribution in [2.24, 2.45) is 0 Å². The van der Waals surface area contributed by atoms with Gasteiger partial charge in [0, 0.05) is 53.0 Å². The van der Waals surface area contributed by atoms with Gasteiger partial charge in [-0.1, -0.05) is 54.9 Å². The normalized spacial score (nSPS) is 12.4. The Morgan fingerprint density at radius 3 is 2.28 bits per heavy atom. The molecule has 1 aliphatic rings. The maximum absolute atomic E-state index is 13.3. The molecule has 2 heterocycles. The minimum absolute atomic E-state index is 0. The Balaban J connectivity index is 0.00000420. The summed E-state index contributed by atoms with van der Waals surface area (Å²) < 4.78 is 5.40. The SMILES string of the molecule is C.N=C(c1ccc(C(=O)Cc2c(OCC(=O)O)cc(Cl)cc2C(=O)Nc2ccc(Cl)cn2)cc1)N1CCCC1. The number of hydrogen-bond donors (Lipinski definition) is 3. The van der Waals surface area contributed by atoms with E-state index in [0.29, 0.717) is 22.0 Å². The molecule has 1 fully saturated rings. The van der Waals surface area contributed by atoms with Gasteiger partial charge in [-0.3, -0.25) is 15.0 Å². The quantitative estimate of drug-likeness (QED) is 0.173. The molecule has 11 heteroatoms. The van der Waals surface area contributed by atoms with E-state index < -0.39 is 18.5 Å². The van der Waals surface area contributed by atoms with Crippen LogP contribution in [-0.2, 0) is 11.2 Å². The summed E-state index contributed by atoms with van der Waals surface area (Å²) in [4.78, 5) is 43.6. The number of ether oxygens (including phenoxy) is 1. The molecular formula is C28H28Cl2N4O5. The van der Waals surface area contributed by atoms with E-state index in [2.05, 4.69) is 10.3 Å². The molecule has 2 aromatic carbocycles. The average Bonchev–Trinajstić information content (AvgIpc) is 3.44. The minimum atomic E-state index is -1.23. The molecule has 0 atom stereocenters. The zero-order valence-electron chi connectivity index (χ0n) is 20.2. The fourth-order valence-corrected chi connectivity index (χ4v) is 4.42. The van der Waals surface area contributed by atoms with Crippen LogP contribution >= 0.6 is 23.2 Å². The fourth-order valence-electron chi connectivity index (χ4n) is 4.10. The number of anilines is 1. The average molecular weight is 571 g/mol. The number of aromatic nitrogens is 1. The highest BCUT2D eigenvalue weighted by Gasteiger charge is 2.23. The molecule has 1 aromatic heterocycles. The van der Waals surface area contributed by atoms with Gasteiger partial charge in [0.05, 0.1) is 5.02 Å². The van der Waals surface area contributed by atoms with E-state index in [9.17, 15) is 14.4 Å². The molecule has 9 nitrogen and oxygen atoms in total. The first-order chi connectivity index (χ1) is 18.2. The summed E-state index contributed by atoms with van der Waals surface area (Å²) >= 11 is 12.1. The van der Waals surface area contributed by atoms with Crippen LogP contribution in [0, 0.1) is 5.41 Å². The molecule has 0 aliphatic carbocycles. The van der Waals surface area contributed by atoms with Gasteiger partial charge in [0.25, 0.3) is 5.91 Å². The number of pyridine rings is 1. The molecule has 1 saturated heterocycles. The summed E-state index contributed by atoms with van der Waals surface area (Å²) in [5.74, 6) is -1.52. The van der Waals surface area contributed by atoms with Gasteiger partial charge in [-0.2, -0.15) is 0 Å². The number of rotatable bonds is 9. The number of carboxylic acids is 1. The number of halogens is 2. The first-order valence-electron chi connectivity index (χ1n) is 11.8. The van der Waals surface area contributed by atoms with Crippen molar-refractivity contribution in [2.75, 3.05) is 25.0 Å². The lowest BCUT2D eigenvalue weighted by Gasteiger charge is -2.18. The molecule has 0 bridgehead atoms. The third kappa shape index (κ3) is 7.55. The van der Waals surface area contributed by atoms with Gasteiger partial charge in [0.1, 0.15) is 17.4 Å². The van der Waals surface area contributed by atoms with Crippen LogP contribution < -0.4 is 10.1 Å². The predicted octanol–water partition coefficient (Wildman–Crippen LogP) is 5.59. The van der Waals surface area contributed by atoms with Crippen molar-refractivity contribution in [3.63, 3.8) is 0 Å². The number of aliphatic carboxylic acids is 1. The largest absolute Gasteiger partial charge is 0.482 e. The molecule has 204 valence electrons. The van der Waals surface area contributed by atoms with Crippen LogP contribution in [0.5, 0.6) is 5.75 Å². The molecule has 0 saturated carbocycles. The molecular weight excluding hydrogens is 543 g/mol. The molecule has 0 unspecified atom stereocenters. The van der Waals surface area contributed by atoms with Crippen molar-refractivity contribution in [1.82, 2.24) is 9.88 Å². The summed E-state index contributed by atoms with van der Waals surface area (Å²) in [5.41, 5.74) is 1.29. The van der Waals surface area contributed by atoms with E-state index in [0.717, 1.165) is 25.9 Å². The van der Waals surface area contributed by atoms with Crippen LogP contribution in [0.2, 0.25) is 10.0 Å². The van der Waals surface area contributed by atoms with Gasteiger partial charge in [0.2, 0.25) is 0 Å². The number of nitrogens with zero attached hydrogens (tertiary/aromatic N) is 2. The highest BCUT2D eigenvalue weighted by atomic mass is 35.5. The van der Waals surface area contributed by atoms with E-state index in [1.807, 2.05) is 4.90 Å². The Hall–Kier alpha value is -3.95. The van der Waals surface area contributed by atoms with Gasteiger partial charge in [-0.25, -0.2) is 9.78 Å². The maximum atomic E-state index is 13.3. The van der Waals surface area contributed by atoms with E-state index >= 15 is 0 Å². The van der Waals surface area contributed by atoms with Crippen molar-refractivity contribution >= 4 is 52.5 Å². The van der Waals surface area contributed by atoms with Crippen LogP contribution in [0.4, 0.5) is 5.82 Å². The molecule has 0 spiro atoms. The Labute approximate surface area is 236 Å². The van der Waals surface area contributed by atoms with Gasteiger partial charge >= 0.3 is 5.97 Å². The highest BCUT2D eigenvalue weighted by Crippen LogP contribution is 2.30. The number of benzene rings is 2. The van der Waals surface area contributed by atoms with E-state index in [-0.39, 0.29) is 47.3 Å². The smallest absolute Gasteiger partial charge is 0.341 e. The van der Waals surface area contributed by atoms with Crippen LogP contribution in [0.3, 0.4) is 0 Å². The Morgan fingerprint density at radius 1 is 1.00 bits per heavy atom. The van der Waals surface area contributed by atoms with Gasteiger partial charge in [-0.15, -0.1) is 0 Å². The Kier molecular flexibility index (Phi) is 10.0. The first kappa shape index (κ1) is 29.6. The van der Waals surface area contributed by atoms with Crippen molar-refractivity contribution in [3.8, 4) is 5.75 Å². The number of hydrogen-bond acceptors (Lipinski definition) is 6. The fraction of sp³-hybridized carbons (Fsp3) is 0.250. The second kappa shape index (κ2) is 13.2. The highest BCUT2D eigenvalue weighted by molar-refractivity contribution is 6.31. The number of likely N-dealkylation sites (tertiary alicyclic amines) is 1. The van der Waals surface area contributed by atoms with E-state index in [1.165, 1.54) is 24.4 Å². The third-order valence-electron chi connectivity index (χ3n) is 5.98. The van der Waals surface area contributed by atoms with Crippen molar-refractivity contribution in [2.45, 2.75) is 26.7 Å². The number of amides is 1. The molecule has 39 heavy (non-hydrogen) atoms. The lowest BCUT2D eigenvalue weighted by molar-refractivity contribution is -0.139. The van der Waals surface area contributed by atoms with E-state index in [1.54, 1.807) is 30.3 Å². The number of carboxylic acid groups (broad SMARTS) is 1. The monoisotopic (exact) mass is 570 g/mol. The number of ketones is 1. The number of carbonyl (C=O) groups is 3. The lowest BCUT2D eigenvalue weighted by atomic mass is 9.96. The summed E-state index contributed by atoms with van der Waals surface area (Å²) in [5, 5.41) is 20.6. The zero-order chi connectivity index (χ0) is 27.2. The van der Waals surface area contributed by atoms with Crippen LogP contribution in [0.25, 0.3) is 0 Å². The molecule has 3 N–H and O–H groups in total. The van der Waals surface area contributed by atoms with Crippen LogP contribution in [-0.4, -0.2) is 58.2 Å². The van der Waals surface area contributed by atoms with Crippen LogP contribution in [0.15, 0.2) is 54.7 Å². The summed E-state index contributed by atoms with van der Waals surface area (Å²) in [6.45, 7) is 0.992. The van der Waals surface area contributed by atoms with Gasteiger partial charge in [0.15, 0.2) is 12.4 Å². The van der Waals surface area contributed by atoms with Crippen molar-refractivity contribution in [3.05, 3.63) is 87.0 Å². The molecule has 0 radical (unpaired) electrons. The number of Topliss-reactive ketones (excluding diaryl/α,β-unsaturated/α-hetero) is 1. The zero-order valence-corrected chi connectivity index (χ0v) is 21.7. The van der Waals surface area contributed by atoms with Crippen LogP contribution in [0.1, 0.15) is 52.1 Å². The first-order valence-corrected chi connectivity index (χ1v) is 12.5. The maximum Gasteiger partial charge on any atom is 0.341 e. The summed E-state index contributed by atoms with van der Waals surface area (Å²) in [7, 11) is 0. The molecule has 1 amide bonds. The van der Waals surface area contributed by atoms with Gasteiger partial charge in [-0.05, 0) is 37.1 Å².